The lowest BCUT2D eigenvalue weighted by atomic mass is 9.91. The maximum Gasteiger partial charge on any atom is 0.244 e. The predicted molar refractivity (Wildman–Crippen MR) is 71.2 cm³/mol. The molecule has 1 saturated heterocycles. The minimum atomic E-state index is -1.28. The van der Waals surface area contributed by atoms with Gasteiger partial charge in [0.15, 0.2) is 0 Å². The highest BCUT2D eigenvalue weighted by atomic mass is 16.5. The van der Waals surface area contributed by atoms with E-state index in [9.17, 15) is 4.79 Å². The molecule has 1 aliphatic rings. The van der Waals surface area contributed by atoms with Crippen LogP contribution in [0.15, 0.2) is 30.3 Å². The Morgan fingerprint density at radius 1 is 1.42 bits per heavy atom. The van der Waals surface area contributed by atoms with E-state index in [1.54, 1.807) is 12.1 Å². The molecular formula is C14H20N2O3. The highest BCUT2D eigenvalue weighted by Crippen LogP contribution is 2.20. The number of ether oxygens (including phenoxy) is 2. The topological polar surface area (TPSA) is 87.6 Å². The lowest BCUT2D eigenvalue weighted by Crippen LogP contribution is -2.52. The molecule has 0 saturated carbocycles. The maximum atomic E-state index is 11.6. The lowest BCUT2D eigenvalue weighted by Gasteiger charge is -2.26. The number of carbonyl (C=O) groups is 1. The second-order valence-corrected chi connectivity index (χ2v) is 4.95. The van der Waals surface area contributed by atoms with Crippen LogP contribution in [0.25, 0.3) is 0 Å². The summed E-state index contributed by atoms with van der Waals surface area (Å²) in [6.07, 6.45) is 0.986. The molecule has 5 heteroatoms. The highest BCUT2D eigenvalue weighted by molar-refractivity contribution is 5.86. The Morgan fingerprint density at radius 3 is 2.74 bits per heavy atom. The molecule has 1 aromatic rings. The van der Waals surface area contributed by atoms with Crippen LogP contribution < -0.4 is 11.5 Å². The van der Waals surface area contributed by atoms with Crippen LogP contribution in [0.3, 0.4) is 0 Å². The SMILES string of the molecule is NC(=O)C(N)(COCC1CCOC1)c1ccccc1. The third-order valence-electron chi connectivity index (χ3n) is 3.44. The smallest absolute Gasteiger partial charge is 0.244 e. The average molecular weight is 264 g/mol. The molecule has 2 rings (SSSR count). The van der Waals surface area contributed by atoms with Gasteiger partial charge in [0.05, 0.1) is 19.8 Å². The summed E-state index contributed by atoms with van der Waals surface area (Å²) >= 11 is 0. The van der Waals surface area contributed by atoms with E-state index in [1.165, 1.54) is 0 Å². The van der Waals surface area contributed by atoms with Crippen LogP contribution in [-0.4, -0.2) is 32.3 Å². The molecule has 2 atom stereocenters. The number of primary amides is 1. The molecule has 5 nitrogen and oxygen atoms in total. The van der Waals surface area contributed by atoms with Gasteiger partial charge in [-0.15, -0.1) is 0 Å². The standard InChI is InChI=1S/C14H20N2O3/c15-13(17)14(16,12-4-2-1-3-5-12)10-19-9-11-6-7-18-8-11/h1-5,11H,6-10,16H2,(H2,15,17). The third kappa shape index (κ3) is 3.32. The van der Waals surface area contributed by atoms with Crippen molar-refractivity contribution in [2.75, 3.05) is 26.4 Å². The van der Waals surface area contributed by atoms with Gasteiger partial charge in [-0.2, -0.15) is 0 Å². The highest BCUT2D eigenvalue weighted by Gasteiger charge is 2.34. The number of rotatable bonds is 6. The molecule has 104 valence electrons. The first-order valence-electron chi connectivity index (χ1n) is 6.43. The summed E-state index contributed by atoms with van der Waals surface area (Å²) in [5, 5.41) is 0. The normalized spacial score (nSPS) is 22.1. The lowest BCUT2D eigenvalue weighted by molar-refractivity contribution is -0.126. The monoisotopic (exact) mass is 264 g/mol. The van der Waals surface area contributed by atoms with E-state index in [1.807, 2.05) is 18.2 Å². The van der Waals surface area contributed by atoms with Crippen molar-refractivity contribution in [3.8, 4) is 0 Å². The largest absolute Gasteiger partial charge is 0.381 e. The Bertz CT molecular complexity index is 418. The van der Waals surface area contributed by atoms with Crippen LogP contribution in [0.4, 0.5) is 0 Å². The summed E-state index contributed by atoms with van der Waals surface area (Å²) in [4.78, 5) is 11.6. The Kier molecular flexibility index (Phi) is 4.52. The van der Waals surface area contributed by atoms with E-state index < -0.39 is 11.4 Å². The Labute approximate surface area is 112 Å². The number of amides is 1. The van der Waals surface area contributed by atoms with E-state index in [2.05, 4.69) is 0 Å². The molecule has 4 N–H and O–H groups in total. The van der Waals surface area contributed by atoms with Crippen LogP contribution in [0, 0.1) is 5.92 Å². The van der Waals surface area contributed by atoms with Crippen molar-refractivity contribution in [3.05, 3.63) is 35.9 Å². The zero-order chi connectivity index (χ0) is 13.7. The molecule has 19 heavy (non-hydrogen) atoms. The summed E-state index contributed by atoms with van der Waals surface area (Å²) in [7, 11) is 0. The van der Waals surface area contributed by atoms with Crippen LogP contribution >= 0.6 is 0 Å². The minimum Gasteiger partial charge on any atom is -0.381 e. The van der Waals surface area contributed by atoms with E-state index >= 15 is 0 Å². The molecule has 1 aliphatic heterocycles. The number of carbonyl (C=O) groups excluding carboxylic acids is 1. The molecular weight excluding hydrogens is 244 g/mol. The zero-order valence-electron chi connectivity index (χ0n) is 10.9. The Morgan fingerprint density at radius 2 is 2.16 bits per heavy atom. The molecule has 0 aromatic heterocycles. The van der Waals surface area contributed by atoms with E-state index in [4.69, 9.17) is 20.9 Å². The Balaban J connectivity index is 1.97. The van der Waals surface area contributed by atoms with Crippen LogP contribution in [0.2, 0.25) is 0 Å². The molecule has 1 amide bonds. The fourth-order valence-electron chi connectivity index (χ4n) is 2.13. The van der Waals surface area contributed by atoms with Crippen LogP contribution in [0.5, 0.6) is 0 Å². The molecule has 0 radical (unpaired) electrons. The second kappa shape index (κ2) is 6.14. The van der Waals surface area contributed by atoms with Crippen molar-refractivity contribution >= 4 is 5.91 Å². The Hall–Kier alpha value is -1.43. The maximum absolute atomic E-state index is 11.6. The molecule has 1 heterocycles. The van der Waals surface area contributed by atoms with E-state index in [-0.39, 0.29) is 6.61 Å². The van der Waals surface area contributed by atoms with Gasteiger partial charge in [0, 0.05) is 12.5 Å². The number of hydrogen-bond donors (Lipinski definition) is 2. The van der Waals surface area contributed by atoms with Gasteiger partial charge in [-0.3, -0.25) is 4.79 Å². The van der Waals surface area contributed by atoms with Crippen molar-refractivity contribution in [2.24, 2.45) is 17.4 Å². The fourth-order valence-corrected chi connectivity index (χ4v) is 2.13. The third-order valence-corrected chi connectivity index (χ3v) is 3.44. The first-order valence-corrected chi connectivity index (χ1v) is 6.43. The number of benzene rings is 1. The van der Waals surface area contributed by atoms with Gasteiger partial charge < -0.3 is 20.9 Å². The molecule has 0 aliphatic carbocycles. The number of hydrogen-bond acceptors (Lipinski definition) is 4. The summed E-state index contributed by atoms with van der Waals surface area (Å²) in [5.41, 5.74) is 10.9. The molecule has 2 unspecified atom stereocenters. The second-order valence-electron chi connectivity index (χ2n) is 4.95. The molecule has 0 bridgehead atoms. The zero-order valence-corrected chi connectivity index (χ0v) is 10.9. The fraction of sp³-hybridized carbons (Fsp3) is 0.500. The average Bonchev–Trinajstić information content (AvgIpc) is 2.92. The van der Waals surface area contributed by atoms with Gasteiger partial charge in [-0.1, -0.05) is 30.3 Å². The van der Waals surface area contributed by atoms with Gasteiger partial charge in [0.25, 0.3) is 0 Å². The van der Waals surface area contributed by atoms with Crippen LogP contribution in [-0.2, 0) is 19.8 Å². The van der Waals surface area contributed by atoms with Crippen LogP contribution in [0.1, 0.15) is 12.0 Å². The summed E-state index contributed by atoms with van der Waals surface area (Å²) < 4.78 is 10.9. The first kappa shape index (κ1) is 14.0. The van der Waals surface area contributed by atoms with Gasteiger partial charge in [0.1, 0.15) is 5.54 Å². The first-order chi connectivity index (χ1) is 9.13. The van der Waals surface area contributed by atoms with E-state index in [0.717, 1.165) is 13.0 Å². The molecule has 0 spiro atoms. The van der Waals surface area contributed by atoms with Crippen molar-refractivity contribution in [2.45, 2.75) is 12.0 Å². The predicted octanol–water partition coefficient (Wildman–Crippen LogP) is 0.379. The number of nitrogens with two attached hydrogens (primary N) is 2. The quantitative estimate of drug-likeness (QED) is 0.777. The summed E-state index contributed by atoms with van der Waals surface area (Å²) in [6.45, 7) is 2.11. The van der Waals surface area contributed by atoms with Gasteiger partial charge in [-0.05, 0) is 12.0 Å². The summed E-state index contributed by atoms with van der Waals surface area (Å²) in [6, 6.07) is 9.08. The van der Waals surface area contributed by atoms with Crippen molar-refractivity contribution in [1.29, 1.82) is 0 Å². The minimum absolute atomic E-state index is 0.0862. The summed E-state index contributed by atoms with van der Waals surface area (Å²) in [5.74, 6) is -0.200. The van der Waals surface area contributed by atoms with Crippen molar-refractivity contribution in [1.82, 2.24) is 0 Å². The molecule has 1 aromatic carbocycles. The van der Waals surface area contributed by atoms with Gasteiger partial charge >= 0.3 is 0 Å². The van der Waals surface area contributed by atoms with Crippen molar-refractivity contribution in [3.63, 3.8) is 0 Å². The van der Waals surface area contributed by atoms with Crippen molar-refractivity contribution < 1.29 is 14.3 Å². The van der Waals surface area contributed by atoms with E-state index in [0.29, 0.717) is 24.7 Å². The molecule has 1 fully saturated rings. The van der Waals surface area contributed by atoms with Gasteiger partial charge in [0.2, 0.25) is 5.91 Å². The van der Waals surface area contributed by atoms with Gasteiger partial charge in [-0.25, -0.2) is 0 Å².